The van der Waals surface area contributed by atoms with E-state index in [-0.39, 0.29) is 5.78 Å². The van der Waals surface area contributed by atoms with Crippen molar-refractivity contribution in [3.63, 3.8) is 0 Å². The number of rotatable bonds is 2. The zero-order chi connectivity index (χ0) is 8.27. The molecule has 0 aromatic rings. The number of aliphatic hydroxyl groups is 1. The third kappa shape index (κ3) is 1.62. The lowest BCUT2D eigenvalue weighted by Crippen LogP contribution is -2.29. The fraction of sp³-hybridized carbons (Fsp3) is 0.250. The molecule has 1 unspecified atom stereocenters. The maximum atomic E-state index is 10.8. The molecule has 0 saturated heterocycles. The van der Waals surface area contributed by atoms with Crippen LogP contribution in [0.5, 0.6) is 0 Å². The number of carbonyl (C=O) groups excluding carboxylic acids is 1. The number of allylic oxidation sites excluding steroid dienone is 1. The summed E-state index contributed by atoms with van der Waals surface area (Å²) in [7, 11) is 0. The van der Waals surface area contributed by atoms with Gasteiger partial charge in [0, 0.05) is 18.7 Å². The Morgan fingerprint density at radius 2 is 2.55 bits per heavy atom. The van der Waals surface area contributed by atoms with Crippen LogP contribution in [-0.4, -0.2) is 22.7 Å². The smallest absolute Gasteiger partial charge is 0.191 e. The first-order chi connectivity index (χ1) is 5.25. The van der Waals surface area contributed by atoms with Crippen LogP contribution in [-0.2, 0) is 4.79 Å². The summed E-state index contributed by atoms with van der Waals surface area (Å²) >= 11 is 0. The molecular weight excluding hydrogens is 142 g/mol. The van der Waals surface area contributed by atoms with Crippen LogP contribution in [0.3, 0.4) is 0 Å². The summed E-state index contributed by atoms with van der Waals surface area (Å²) in [6.07, 6.45) is 3.66. The van der Waals surface area contributed by atoms with E-state index in [1.165, 1.54) is 12.3 Å². The zero-order valence-corrected chi connectivity index (χ0v) is 6.03. The largest absolute Gasteiger partial charge is 0.379 e. The Morgan fingerprint density at radius 3 is 3.18 bits per heavy atom. The summed E-state index contributed by atoms with van der Waals surface area (Å²) in [6, 6.07) is 0. The molecule has 0 aliphatic carbocycles. The molecular formula is C8H9NO2. The van der Waals surface area contributed by atoms with Crippen LogP contribution in [0.2, 0.25) is 0 Å². The van der Waals surface area contributed by atoms with Gasteiger partial charge in [-0.05, 0) is 0 Å². The second-order valence-corrected chi connectivity index (χ2v) is 2.23. The van der Waals surface area contributed by atoms with Crippen LogP contribution in [0.4, 0.5) is 0 Å². The van der Waals surface area contributed by atoms with Crippen LogP contribution < -0.4 is 0 Å². The molecule has 1 atom stereocenters. The monoisotopic (exact) mass is 151 g/mol. The van der Waals surface area contributed by atoms with Gasteiger partial charge in [-0.25, -0.2) is 0 Å². The maximum Gasteiger partial charge on any atom is 0.191 e. The molecule has 0 radical (unpaired) electrons. The summed E-state index contributed by atoms with van der Waals surface area (Å²) in [5, 5.41) is 9.19. The molecule has 0 bridgehead atoms. The van der Waals surface area contributed by atoms with Crippen molar-refractivity contribution < 1.29 is 9.90 Å². The second-order valence-electron chi connectivity index (χ2n) is 2.23. The van der Waals surface area contributed by atoms with E-state index in [2.05, 4.69) is 11.6 Å². The molecule has 1 heterocycles. The highest BCUT2D eigenvalue weighted by molar-refractivity contribution is 6.14. The van der Waals surface area contributed by atoms with Crippen LogP contribution in [0.25, 0.3) is 0 Å². The number of ketones is 1. The Morgan fingerprint density at radius 1 is 1.82 bits per heavy atom. The Hall–Kier alpha value is -1.22. The van der Waals surface area contributed by atoms with Crippen molar-refractivity contribution in [3.8, 4) is 0 Å². The van der Waals surface area contributed by atoms with Crippen LogP contribution >= 0.6 is 0 Å². The van der Waals surface area contributed by atoms with Crippen molar-refractivity contribution in [3.05, 3.63) is 24.9 Å². The molecule has 0 saturated carbocycles. The van der Waals surface area contributed by atoms with Crippen molar-refractivity contribution >= 4 is 11.5 Å². The van der Waals surface area contributed by atoms with Gasteiger partial charge in [0.1, 0.15) is 0 Å². The molecule has 3 heteroatoms. The Labute approximate surface area is 64.8 Å². The van der Waals surface area contributed by atoms with Gasteiger partial charge in [0.15, 0.2) is 11.9 Å². The minimum absolute atomic E-state index is 0.308. The van der Waals surface area contributed by atoms with Gasteiger partial charge in [-0.3, -0.25) is 9.79 Å². The molecule has 1 N–H and O–H groups in total. The molecule has 3 nitrogen and oxygen atoms in total. The highest BCUT2D eigenvalue weighted by Gasteiger charge is 2.19. The summed E-state index contributed by atoms with van der Waals surface area (Å²) in [5.74, 6) is -0.308. The van der Waals surface area contributed by atoms with E-state index in [0.29, 0.717) is 12.1 Å². The lowest BCUT2D eigenvalue weighted by atomic mass is 10.1. The molecule has 0 amide bonds. The van der Waals surface area contributed by atoms with Gasteiger partial charge in [0.05, 0.1) is 5.71 Å². The standard InChI is InChI=1S/C8H9NO2/c1-2-3-6-8(11)7(10)4-5-9-6/h2,4-5,8,11H,1,3H2. The van der Waals surface area contributed by atoms with Gasteiger partial charge in [-0.2, -0.15) is 0 Å². The summed E-state index contributed by atoms with van der Waals surface area (Å²) in [6.45, 7) is 3.49. The zero-order valence-electron chi connectivity index (χ0n) is 6.03. The SMILES string of the molecule is C=CCC1=NC=CC(=O)C1O. The predicted molar refractivity (Wildman–Crippen MR) is 42.4 cm³/mol. The van der Waals surface area contributed by atoms with E-state index in [0.717, 1.165) is 0 Å². The number of carbonyl (C=O) groups is 1. The fourth-order valence-corrected chi connectivity index (χ4v) is 0.845. The number of hydrogen-bond acceptors (Lipinski definition) is 3. The summed E-state index contributed by atoms with van der Waals surface area (Å²) in [5.41, 5.74) is 0.465. The second kappa shape index (κ2) is 3.25. The van der Waals surface area contributed by atoms with Crippen molar-refractivity contribution in [1.29, 1.82) is 0 Å². The van der Waals surface area contributed by atoms with Crippen molar-refractivity contribution in [2.75, 3.05) is 0 Å². The number of aliphatic imine (C=N–C) groups is 1. The number of aliphatic hydroxyl groups excluding tert-OH is 1. The molecule has 11 heavy (non-hydrogen) atoms. The topological polar surface area (TPSA) is 49.7 Å². The molecule has 0 fully saturated rings. The molecule has 1 aliphatic heterocycles. The van der Waals surface area contributed by atoms with Crippen LogP contribution in [0, 0.1) is 0 Å². The predicted octanol–water partition coefficient (Wildman–Crippen LogP) is 0.461. The fourth-order valence-electron chi connectivity index (χ4n) is 0.845. The average molecular weight is 151 g/mol. The van der Waals surface area contributed by atoms with Crippen LogP contribution in [0.15, 0.2) is 29.9 Å². The lowest BCUT2D eigenvalue weighted by Gasteiger charge is -2.11. The first-order valence-electron chi connectivity index (χ1n) is 3.31. The Bertz CT molecular complexity index is 240. The first-order valence-corrected chi connectivity index (χ1v) is 3.31. The highest BCUT2D eigenvalue weighted by Crippen LogP contribution is 2.04. The Kier molecular flexibility index (Phi) is 2.33. The van der Waals surface area contributed by atoms with Gasteiger partial charge >= 0.3 is 0 Å². The van der Waals surface area contributed by atoms with Crippen molar-refractivity contribution in [2.24, 2.45) is 4.99 Å². The van der Waals surface area contributed by atoms with E-state index in [4.69, 9.17) is 0 Å². The molecule has 1 rings (SSSR count). The van der Waals surface area contributed by atoms with Gasteiger partial charge in [0.25, 0.3) is 0 Å². The lowest BCUT2D eigenvalue weighted by molar-refractivity contribution is -0.119. The van der Waals surface area contributed by atoms with Gasteiger partial charge in [0.2, 0.25) is 0 Å². The average Bonchev–Trinajstić information content (AvgIpc) is 1.99. The number of hydrogen-bond donors (Lipinski definition) is 1. The van der Waals surface area contributed by atoms with Crippen molar-refractivity contribution in [1.82, 2.24) is 0 Å². The van der Waals surface area contributed by atoms with E-state index >= 15 is 0 Å². The number of nitrogens with zero attached hydrogens (tertiary/aromatic N) is 1. The summed E-state index contributed by atoms with van der Waals surface area (Å²) in [4.78, 5) is 14.7. The Balaban J connectivity index is 2.77. The molecule has 0 aromatic heterocycles. The molecule has 58 valence electrons. The minimum atomic E-state index is -1.06. The van der Waals surface area contributed by atoms with E-state index in [1.807, 2.05) is 0 Å². The van der Waals surface area contributed by atoms with E-state index in [1.54, 1.807) is 6.08 Å². The first kappa shape index (κ1) is 7.88. The minimum Gasteiger partial charge on any atom is -0.379 e. The van der Waals surface area contributed by atoms with Gasteiger partial charge in [-0.1, -0.05) is 6.08 Å². The normalized spacial score (nSPS) is 23.2. The molecule has 0 aromatic carbocycles. The summed E-state index contributed by atoms with van der Waals surface area (Å²) < 4.78 is 0. The molecule has 1 aliphatic rings. The van der Waals surface area contributed by atoms with E-state index in [9.17, 15) is 9.90 Å². The maximum absolute atomic E-state index is 10.8. The van der Waals surface area contributed by atoms with Gasteiger partial charge in [-0.15, -0.1) is 6.58 Å². The van der Waals surface area contributed by atoms with Crippen LogP contribution in [0.1, 0.15) is 6.42 Å². The van der Waals surface area contributed by atoms with Gasteiger partial charge < -0.3 is 5.11 Å². The van der Waals surface area contributed by atoms with Crippen molar-refractivity contribution in [2.45, 2.75) is 12.5 Å². The third-order valence-corrected chi connectivity index (χ3v) is 1.42. The highest BCUT2D eigenvalue weighted by atomic mass is 16.3. The van der Waals surface area contributed by atoms with E-state index < -0.39 is 6.10 Å². The quantitative estimate of drug-likeness (QED) is 0.583. The third-order valence-electron chi connectivity index (χ3n) is 1.42. The molecule has 0 spiro atoms.